The van der Waals surface area contributed by atoms with Crippen LogP contribution in [0.2, 0.25) is 0 Å². The second-order valence-corrected chi connectivity index (χ2v) is 8.57. The average Bonchev–Trinajstić information content (AvgIpc) is 3.67. The molecule has 1 aliphatic rings. The highest BCUT2D eigenvalue weighted by Crippen LogP contribution is 2.45. The van der Waals surface area contributed by atoms with Crippen LogP contribution in [-0.4, -0.2) is 36.6 Å². The molecule has 5 rings (SSSR count). The molecule has 1 aromatic carbocycles. The molecule has 2 N–H and O–H groups in total. The van der Waals surface area contributed by atoms with Crippen LogP contribution >= 0.6 is 24.0 Å². The van der Waals surface area contributed by atoms with Crippen LogP contribution in [0.5, 0.6) is 5.88 Å². The molecule has 0 aliphatic heterocycles. The van der Waals surface area contributed by atoms with E-state index in [1.807, 2.05) is 0 Å². The summed E-state index contributed by atoms with van der Waals surface area (Å²) in [5.41, 5.74) is 9.64. The molecule has 10 nitrogen and oxygen atoms in total. The number of rotatable bonds is 8. The number of halogens is 4. The number of aromatic nitrogens is 6. The lowest BCUT2D eigenvalue weighted by Gasteiger charge is -2.13. The second-order valence-electron chi connectivity index (χ2n) is 8.57. The van der Waals surface area contributed by atoms with Crippen molar-refractivity contribution in [2.24, 2.45) is 12.2 Å². The van der Waals surface area contributed by atoms with Crippen LogP contribution in [0.15, 0.2) is 48.1 Å². The maximum atomic E-state index is 13.0. The van der Waals surface area contributed by atoms with Gasteiger partial charge < -0.3 is 14.6 Å². The fourth-order valence-electron chi connectivity index (χ4n) is 3.95. The molecule has 0 spiro atoms. The third kappa shape index (κ3) is 5.58. The Labute approximate surface area is 232 Å². The van der Waals surface area contributed by atoms with Crippen molar-refractivity contribution in [2.75, 3.05) is 12.4 Å². The first kappa shape index (κ1) is 27.3. The van der Waals surface area contributed by atoms with Gasteiger partial charge in [-0.3, -0.25) is 0 Å². The summed E-state index contributed by atoms with van der Waals surface area (Å²) in [4.78, 5) is 21.3. The van der Waals surface area contributed by atoms with Gasteiger partial charge in [0.05, 0.1) is 19.0 Å². The van der Waals surface area contributed by atoms with Gasteiger partial charge in [-0.1, -0.05) is 24.3 Å². The number of imidazole rings is 1. The highest BCUT2D eigenvalue weighted by molar-refractivity contribution is 14.0. The molecule has 0 atom stereocenters. The summed E-state index contributed by atoms with van der Waals surface area (Å²) in [5.74, 6) is 1.59. The van der Waals surface area contributed by atoms with Crippen LogP contribution in [0.4, 0.5) is 24.7 Å². The minimum atomic E-state index is -4.51. The molecule has 0 amide bonds. The molecule has 0 radical (unpaired) electrons. The van der Waals surface area contributed by atoms with Gasteiger partial charge in [0, 0.05) is 31.3 Å². The van der Waals surface area contributed by atoms with E-state index in [9.17, 15) is 13.2 Å². The predicted octanol–water partition coefficient (Wildman–Crippen LogP) is 6.13. The summed E-state index contributed by atoms with van der Waals surface area (Å²) in [7, 11) is 3.04. The fraction of sp³-hybridized carbons (Fsp3) is 0.292. The summed E-state index contributed by atoms with van der Waals surface area (Å²) in [5, 5.41) is 6.68. The number of ether oxygens (including phenoxy) is 1. The Morgan fingerprint density at radius 1 is 1.13 bits per heavy atom. The first-order chi connectivity index (χ1) is 17.8. The van der Waals surface area contributed by atoms with Gasteiger partial charge in [-0.2, -0.15) is 18.3 Å². The van der Waals surface area contributed by atoms with Crippen LogP contribution < -0.4 is 10.1 Å². The van der Waals surface area contributed by atoms with Gasteiger partial charge in [0.1, 0.15) is 23.4 Å². The van der Waals surface area contributed by atoms with E-state index < -0.39 is 11.9 Å². The molecule has 4 aromatic rings. The summed E-state index contributed by atoms with van der Waals surface area (Å²) < 4.78 is 45.8. The van der Waals surface area contributed by atoms with E-state index in [1.54, 1.807) is 24.3 Å². The molecule has 38 heavy (non-hydrogen) atoms. The van der Waals surface area contributed by atoms with Crippen molar-refractivity contribution in [3.8, 4) is 28.7 Å². The zero-order valence-electron chi connectivity index (χ0n) is 20.3. The quantitative estimate of drug-likeness (QED) is 0.176. The minimum Gasteiger partial charge on any atom is -0.480 e. The van der Waals surface area contributed by atoms with Crippen LogP contribution in [0.3, 0.4) is 0 Å². The molecule has 0 saturated heterocycles. The first-order valence-corrected chi connectivity index (χ1v) is 11.4. The van der Waals surface area contributed by atoms with E-state index in [2.05, 4.69) is 35.4 Å². The predicted molar refractivity (Wildman–Crippen MR) is 143 cm³/mol. The van der Waals surface area contributed by atoms with E-state index in [1.165, 1.54) is 31.2 Å². The SMILES string of the molecule is COc1ncnc(C2CC2)c1-c1ncc(N=N)c(NCc2ccc(-c3nc(C(F)(F)F)cn3C)cc2)n1.I. The topological polar surface area (TPSA) is 127 Å². The highest BCUT2D eigenvalue weighted by atomic mass is 127. The van der Waals surface area contributed by atoms with E-state index in [4.69, 9.17) is 10.3 Å². The first-order valence-electron chi connectivity index (χ1n) is 11.4. The molecular weight excluding hydrogens is 614 g/mol. The number of anilines is 1. The number of hydrogen-bond donors (Lipinski definition) is 2. The molecule has 0 unspecified atom stereocenters. The lowest BCUT2D eigenvalue weighted by Crippen LogP contribution is -2.06. The number of nitrogens with zero attached hydrogens (tertiary/aromatic N) is 7. The van der Waals surface area contributed by atoms with Gasteiger partial charge in [-0.15, -0.1) is 24.0 Å². The maximum absolute atomic E-state index is 13.0. The average molecular weight is 637 g/mol. The normalized spacial score (nSPS) is 13.1. The Bertz CT molecular complexity index is 1450. The highest BCUT2D eigenvalue weighted by Gasteiger charge is 2.34. The van der Waals surface area contributed by atoms with Gasteiger partial charge in [0.2, 0.25) is 5.88 Å². The lowest BCUT2D eigenvalue weighted by molar-refractivity contribution is -0.140. The van der Waals surface area contributed by atoms with Gasteiger partial charge in [0.15, 0.2) is 17.3 Å². The Morgan fingerprint density at radius 2 is 1.87 bits per heavy atom. The van der Waals surface area contributed by atoms with Gasteiger partial charge in [0.25, 0.3) is 0 Å². The Balaban J connectivity index is 0.00000336. The number of benzene rings is 1. The van der Waals surface area contributed by atoms with Crippen molar-refractivity contribution in [3.63, 3.8) is 0 Å². The van der Waals surface area contributed by atoms with E-state index in [-0.39, 0.29) is 35.5 Å². The summed E-state index contributed by atoms with van der Waals surface area (Å²) >= 11 is 0. The molecule has 3 heterocycles. The smallest absolute Gasteiger partial charge is 0.434 e. The van der Waals surface area contributed by atoms with Crippen LogP contribution in [0.25, 0.3) is 22.8 Å². The monoisotopic (exact) mass is 637 g/mol. The number of methoxy groups -OCH3 is 1. The van der Waals surface area contributed by atoms with Crippen LogP contribution in [-0.2, 0) is 19.8 Å². The Kier molecular flexibility index (Phi) is 7.89. The third-order valence-electron chi connectivity index (χ3n) is 5.95. The van der Waals surface area contributed by atoms with Crippen molar-refractivity contribution in [3.05, 3.63) is 59.9 Å². The molecular formula is C24H23F3IN9O. The van der Waals surface area contributed by atoms with Gasteiger partial charge in [-0.25, -0.2) is 30.5 Å². The second kappa shape index (κ2) is 11.0. The van der Waals surface area contributed by atoms with E-state index in [0.29, 0.717) is 41.1 Å². The van der Waals surface area contributed by atoms with E-state index in [0.717, 1.165) is 30.3 Å². The molecule has 1 fully saturated rings. The Morgan fingerprint density at radius 3 is 2.47 bits per heavy atom. The standard InChI is InChI=1S/C24H22F3N9O.HI/c1-36-11-17(24(25,26)27)33-22(36)15-5-3-13(4-6-15)9-29-20-16(35-28)10-30-21(34-20)18-19(14-7-8-14)31-12-32-23(18)37-2;/h3-6,10-12,14,28H,7-9H2,1-2H3,(H,29,30,34);1H. The van der Waals surface area contributed by atoms with Crippen molar-refractivity contribution in [1.29, 1.82) is 5.53 Å². The van der Waals surface area contributed by atoms with Gasteiger partial charge in [-0.05, 0) is 18.4 Å². The molecule has 14 heteroatoms. The summed E-state index contributed by atoms with van der Waals surface area (Å²) in [6.45, 7) is 0.325. The van der Waals surface area contributed by atoms with Crippen molar-refractivity contribution < 1.29 is 17.9 Å². The minimum absolute atomic E-state index is 0. The lowest BCUT2D eigenvalue weighted by atomic mass is 10.1. The summed E-state index contributed by atoms with van der Waals surface area (Å²) in [6.07, 6.45) is 1.40. The van der Waals surface area contributed by atoms with Crippen LogP contribution in [0.1, 0.15) is 35.7 Å². The molecule has 3 aromatic heterocycles. The number of nitrogens with one attached hydrogen (secondary N) is 2. The number of hydrogen-bond acceptors (Lipinski definition) is 9. The zero-order chi connectivity index (χ0) is 26.2. The Hall–Kier alpha value is -3.69. The maximum Gasteiger partial charge on any atom is 0.434 e. The largest absolute Gasteiger partial charge is 0.480 e. The van der Waals surface area contributed by atoms with Crippen molar-refractivity contribution in [2.45, 2.75) is 31.5 Å². The fourth-order valence-corrected chi connectivity index (χ4v) is 3.95. The molecule has 198 valence electrons. The van der Waals surface area contributed by atoms with E-state index >= 15 is 0 Å². The molecule has 1 aliphatic carbocycles. The summed E-state index contributed by atoms with van der Waals surface area (Å²) in [6, 6.07) is 6.97. The number of aryl methyl sites for hydroxylation is 1. The van der Waals surface area contributed by atoms with Crippen molar-refractivity contribution in [1.82, 2.24) is 29.5 Å². The molecule has 1 saturated carbocycles. The van der Waals surface area contributed by atoms with Crippen molar-refractivity contribution >= 4 is 35.5 Å². The molecule has 0 bridgehead atoms. The number of alkyl halides is 3. The zero-order valence-corrected chi connectivity index (χ0v) is 22.7. The van der Waals surface area contributed by atoms with Gasteiger partial charge >= 0.3 is 6.18 Å². The van der Waals surface area contributed by atoms with Crippen LogP contribution in [0, 0.1) is 5.53 Å². The third-order valence-corrected chi connectivity index (χ3v) is 5.95.